The number of fused-ring (bicyclic) bond motifs is 5. The predicted molar refractivity (Wildman–Crippen MR) is 158 cm³/mol. The van der Waals surface area contributed by atoms with Crippen LogP contribution >= 0.6 is 0 Å². The molecule has 4 aromatic carbocycles. The normalized spacial score (nSPS) is 13.2. The summed E-state index contributed by atoms with van der Waals surface area (Å²) >= 11 is 0. The number of alkyl halides is 6. The molecule has 216 valence electrons. The number of hydrogen-bond donors (Lipinski definition) is 0. The Bertz CT molecular complexity index is 2080. The lowest BCUT2D eigenvalue weighted by atomic mass is 9.92. The number of furan rings is 1. The zero-order valence-corrected chi connectivity index (χ0v) is 24.9. The Labute approximate surface area is 239 Å². The van der Waals surface area contributed by atoms with E-state index in [1.807, 2.05) is 69.5 Å². The summed E-state index contributed by atoms with van der Waals surface area (Å²) in [5.41, 5.74) is 2.82. The van der Waals surface area contributed by atoms with Crippen LogP contribution in [0, 0.1) is 13.8 Å². The van der Waals surface area contributed by atoms with Crippen LogP contribution in [0.25, 0.3) is 54.7 Å². The number of benzene rings is 4. The van der Waals surface area contributed by atoms with E-state index in [0.29, 0.717) is 32.7 Å². The number of rotatable bonds is 2. The molecule has 0 amide bonds. The molecule has 0 atom stereocenters. The third kappa shape index (κ3) is 4.45. The third-order valence-corrected chi connectivity index (χ3v) is 10.2. The fraction of sp³-hybridized carbons (Fsp3) is 0.242. The maximum Gasteiger partial charge on any atom is 0.416 e. The maximum absolute atomic E-state index is 14.3. The van der Waals surface area contributed by atoms with Crippen molar-refractivity contribution in [3.8, 4) is 11.3 Å². The SMILES string of the molecule is Cc1cc2c(oc3cc([Si](C)(C)C)c(C(F)(F)F)cc32)c(-c2c3cc4ccc(C(F)(F)F)cc4cc3cc[n+]2C)c1C. The molecule has 0 saturated heterocycles. The standard InChI is InChI=1S/C33H28F6NOSi/c1-17-11-25-24-15-26(33(37,38)39)28(42(4,5)6)16-27(24)41-31(25)29(18(17)2)30-23-14-19-7-8-22(32(34,35)36)13-21(19)12-20(23)9-10-40(30)3/h7-16H,1-6H3/q+1. The lowest BCUT2D eigenvalue weighted by Gasteiger charge is -2.22. The van der Waals surface area contributed by atoms with Gasteiger partial charge in [0, 0.05) is 16.8 Å². The smallest absolute Gasteiger partial charge is 0.416 e. The molecule has 2 heterocycles. The number of pyridine rings is 1. The van der Waals surface area contributed by atoms with Gasteiger partial charge in [-0.2, -0.15) is 26.3 Å². The first-order valence-electron chi connectivity index (χ1n) is 13.5. The molecule has 0 radical (unpaired) electrons. The van der Waals surface area contributed by atoms with Gasteiger partial charge >= 0.3 is 12.4 Å². The molecule has 0 saturated carbocycles. The van der Waals surface area contributed by atoms with Gasteiger partial charge in [-0.1, -0.05) is 25.7 Å². The van der Waals surface area contributed by atoms with Gasteiger partial charge in [-0.05, 0) is 88.8 Å². The second kappa shape index (κ2) is 9.07. The molecular formula is C33H28F6NOSi+. The van der Waals surface area contributed by atoms with Gasteiger partial charge < -0.3 is 4.42 Å². The van der Waals surface area contributed by atoms with Gasteiger partial charge in [0.1, 0.15) is 18.2 Å². The van der Waals surface area contributed by atoms with Gasteiger partial charge in [-0.3, -0.25) is 0 Å². The summed E-state index contributed by atoms with van der Waals surface area (Å²) in [6.45, 7) is 9.50. The van der Waals surface area contributed by atoms with Crippen LogP contribution in [0.2, 0.25) is 19.6 Å². The molecule has 0 unspecified atom stereocenters. The Kier molecular flexibility index (Phi) is 6.11. The molecule has 6 aromatic rings. The van der Waals surface area contributed by atoms with Crippen molar-refractivity contribution in [2.24, 2.45) is 7.05 Å². The molecule has 2 nitrogen and oxygen atoms in total. The molecule has 6 rings (SSSR count). The molecule has 0 N–H and O–H groups in total. The zero-order valence-electron chi connectivity index (χ0n) is 23.9. The van der Waals surface area contributed by atoms with Crippen molar-refractivity contribution in [3.63, 3.8) is 0 Å². The first-order valence-corrected chi connectivity index (χ1v) is 17.0. The Balaban J connectivity index is 1.71. The summed E-state index contributed by atoms with van der Waals surface area (Å²) < 4.78 is 91.4. The van der Waals surface area contributed by atoms with E-state index < -0.39 is 31.6 Å². The highest BCUT2D eigenvalue weighted by atomic mass is 28.3. The van der Waals surface area contributed by atoms with E-state index in [-0.39, 0.29) is 5.19 Å². The molecule has 9 heteroatoms. The summed E-state index contributed by atoms with van der Waals surface area (Å²) in [5, 5.41) is 3.91. The highest BCUT2D eigenvalue weighted by Gasteiger charge is 2.38. The van der Waals surface area contributed by atoms with Crippen molar-refractivity contribution in [3.05, 3.63) is 83.0 Å². The van der Waals surface area contributed by atoms with Crippen molar-refractivity contribution >= 4 is 56.7 Å². The minimum Gasteiger partial charge on any atom is -0.455 e. The van der Waals surface area contributed by atoms with Gasteiger partial charge in [0.05, 0.1) is 30.2 Å². The lowest BCUT2D eigenvalue weighted by molar-refractivity contribution is -0.659. The van der Waals surface area contributed by atoms with Crippen LogP contribution in [0.15, 0.2) is 65.2 Å². The first-order chi connectivity index (χ1) is 19.4. The fourth-order valence-electron chi connectivity index (χ4n) is 5.93. The average molecular weight is 597 g/mol. The number of aromatic nitrogens is 1. The minimum absolute atomic E-state index is 0.289. The summed E-state index contributed by atoms with van der Waals surface area (Å²) in [4.78, 5) is 0. The molecule has 0 aliphatic rings. The van der Waals surface area contributed by atoms with Gasteiger partial charge in [-0.15, -0.1) is 0 Å². The molecule has 0 aliphatic heterocycles. The molecule has 0 fully saturated rings. The van der Waals surface area contributed by atoms with Crippen molar-refractivity contribution < 1.29 is 35.3 Å². The average Bonchev–Trinajstić information content (AvgIpc) is 3.23. The van der Waals surface area contributed by atoms with E-state index in [0.717, 1.165) is 45.3 Å². The van der Waals surface area contributed by atoms with Crippen molar-refractivity contribution in [1.29, 1.82) is 0 Å². The first kappa shape index (κ1) is 28.3. The van der Waals surface area contributed by atoms with E-state index in [2.05, 4.69) is 0 Å². The summed E-state index contributed by atoms with van der Waals surface area (Å²) in [5.74, 6) is 0. The third-order valence-electron chi connectivity index (χ3n) is 8.19. The quantitative estimate of drug-likeness (QED) is 0.0842. The van der Waals surface area contributed by atoms with E-state index in [9.17, 15) is 26.3 Å². The summed E-state index contributed by atoms with van der Waals surface area (Å²) in [6.07, 6.45) is -7.13. The molecule has 42 heavy (non-hydrogen) atoms. The predicted octanol–water partition coefficient (Wildman–Crippen LogP) is 9.58. The van der Waals surface area contributed by atoms with Crippen LogP contribution in [0.1, 0.15) is 22.3 Å². The van der Waals surface area contributed by atoms with Crippen LogP contribution in [0.3, 0.4) is 0 Å². The van der Waals surface area contributed by atoms with Crippen LogP contribution in [0.4, 0.5) is 26.3 Å². The van der Waals surface area contributed by atoms with Crippen LogP contribution in [-0.2, 0) is 19.4 Å². The molecule has 2 aromatic heterocycles. The molecule has 0 bridgehead atoms. The molecule has 0 spiro atoms. The van der Waals surface area contributed by atoms with Crippen molar-refractivity contribution in [1.82, 2.24) is 0 Å². The Morgan fingerprint density at radius 3 is 2.07 bits per heavy atom. The van der Waals surface area contributed by atoms with Crippen molar-refractivity contribution in [2.45, 2.75) is 45.8 Å². The van der Waals surface area contributed by atoms with E-state index >= 15 is 0 Å². The number of hydrogen-bond acceptors (Lipinski definition) is 1. The largest absolute Gasteiger partial charge is 0.455 e. The Morgan fingerprint density at radius 2 is 1.43 bits per heavy atom. The summed E-state index contributed by atoms with van der Waals surface area (Å²) in [6, 6.07) is 13.8. The zero-order chi connectivity index (χ0) is 30.5. The second-order valence-corrected chi connectivity index (χ2v) is 17.1. The number of aryl methyl sites for hydroxylation is 2. The van der Waals surface area contributed by atoms with Crippen molar-refractivity contribution in [2.75, 3.05) is 0 Å². The highest BCUT2D eigenvalue weighted by molar-refractivity contribution is 6.89. The van der Waals surface area contributed by atoms with E-state index in [1.165, 1.54) is 12.1 Å². The van der Waals surface area contributed by atoms with Gasteiger partial charge in [0.25, 0.3) is 0 Å². The number of halogens is 6. The Hall–Kier alpha value is -3.85. The minimum atomic E-state index is -4.51. The fourth-order valence-corrected chi connectivity index (χ4v) is 7.51. The lowest BCUT2D eigenvalue weighted by Crippen LogP contribution is -2.42. The van der Waals surface area contributed by atoms with Crippen LogP contribution < -0.4 is 9.75 Å². The monoisotopic (exact) mass is 596 g/mol. The summed E-state index contributed by atoms with van der Waals surface area (Å²) in [7, 11) is -0.527. The molecule has 0 aliphatic carbocycles. The number of nitrogens with zero attached hydrogens (tertiary/aromatic N) is 1. The van der Waals surface area contributed by atoms with E-state index in [1.54, 1.807) is 12.1 Å². The van der Waals surface area contributed by atoms with Crippen LogP contribution in [-0.4, -0.2) is 8.07 Å². The highest BCUT2D eigenvalue weighted by Crippen LogP contribution is 2.43. The van der Waals surface area contributed by atoms with Crippen LogP contribution in [0.5, 0.6) is 0 Å². The molecular weight excluding hydrogens is 568 g/mol. The topological polar surface area (TPSA) is 17.0 Å². The maximum atomic E-state index is 14.3. The van der Waals surface area contributed by atoms with Gasteiger partial charge in [0.2, 0.25) is 5.69 Å². The second-order valence-electron chi connectivity index (χ2n) is 12.1. The Morgan fingerprint density at radius 1 is 0.714 bits per heavy atom. The van der Waals surface area contributed by atoms with Gasteiger partial charge in [0.15, 0.2) is 6.20 Å². The van der Waals surface area contributed by atoms with E-state index in [4.69, 9.17) is 4.42 Å². The van der Waals surface area contributed by atoms with Gasteiger partial charge in [-0.25, -0.2) is 4.57 Å².